The number of fused-ring (bicyclic) bond motifs is 4. The zero-order valence-corrected chi connectivity index (χ0v) is 15.8. The van der Waals surface area contributed by atoms with Crippen LogP contribution in [-0.4, -0.2) is 52.3 Å². The van der Waals surface area contributed by atoms with Gasteiger partial charge in [0.25, 0.3) is 5.91 Å². The molecule has 3 aliphatic rings. The highest BCUT2D eigenvalue weighted by molar-refractivity contribution is 5.92. The number of aryl methyl sites for hydroxylation is 1. The van der Waals surface area contributed by atoms with Crippen molar-refractivity contribution in [2.24, 2.45) is 5.92 Å². The van der Waals surface area contributed by atoms with E-state index in [1.165, 1.54) is 6.07 Å². The third-order valence-electron chi connectivity index (χ3n) is 5.77. The molecule has 28 heavy (non-hydrogen) atoms. The lowest BCUT2D eigenvalue weighted by molar-refractivity contribution is -0.135. The van der Waals surface area contributed by atoms with Crippen LogP contribution < -0.4 is 0 Å². The fourth-order valence-electron chi connectivity index (χ4n) is 4.29. The summed E-state index contributed by atoms with van der Waals surface area (Å²) in [6, 6.07) is 12.0. The van der Waals surface area contributed by atoms with Gasteiger partial charge in [0.05, 0.1) is 0 Å². The highest BCUT2D eigenvalue weighted by Crippen LogP contribution is 2.29. The quantitative estimate of drug-likeness (QED) is 0.818. The van der Waals surface area contributed by atoms with Crippen LogP contribution in [0.2, 0.25) is 0 Å². The third-order valence-corrected chi connectivity index (χ3v) is 5.77. The Labute approximate surface area is 164 Å². The second kappa shape index (κ2) is 8.09. The van der Waals surface area contributed by atoms with Gasteiger partial charge in [0.15, 0.2) is 0 Å². The average molecular weight is 381 g/mol. The Bertz CT molecular complexity index is 858. The number of rotatable bonds is 4. The smallest absolute Gasteiger partial charge is 0.272 e. The van der Waals surface area contributed by atoms with Gasteiger partial charge >= 0.3 is 0 Å². The van der Waals surface area contributed by atoms with Gasteiger partial charge in [-0.15, -0.1) is 0 Å². The number of carbonyl (C=O) groups excluding carboxylic acids is 2. The molecular weight excluding hydrogens is 357 g/mol. The van der Waals surface area contributed by atoms with Gasteiger partial charge in [-0.1, -0.05) is 24.3 Å². The summed E-state index contributed by atoms with van der Waals surface area (Å²) < 4.78 is 13.8. The first-order valence-electron chi connectivity index (χ1n) is 9.85. The molecule has 146 valence electrons. The van der Waals surface area contributed by atoms with Crippen molar-refractivity contribution in [2.75, 3.05) is 19.6 Å². The molecule has 2 aromatic rings. The van der Waals surface area contributed by atoms with Crippen LogP contribution in [0.3, 0.4) is 0 Å². The number of pyridine rings is 1. The lowest BCUT2D eigenvalue weighted by Crippen LogP contribution is -2.47. The summed E-state index contributed by atoms with van der Waals surface area (Å²) in [5.41, 5.74) is 1.02. The van der Waals surface area contributed by atoms with E-state index in [0.717, 1.165) is 12.8 Å². The van der Waals surface area contributed by atoms with Crippen LogP contribution in [-0.2, 0) is 11.2 Å². The Kier molecular flexibility index (Phi) is 5.37. The summed E-state index contributed by atoms with van der Waals surface area (Å²) >= 11 is 0. The van der Waals surface area contributed by atoms with E-state index in [0.29, 0.717) is 43.7 Å². The second-order valence-electron chi connectivity index (χ2n) is 7.66. The van der Waals surface area contributed by atoms with E-state index in [2.05, 4.69) is 4.98 Å². The third kappa shape index (κ3) is 3.91. The number of piperidine rings is 1. The van der Waals surface area contributed by atoms with E-state index in [-0.39, 0.29) is 29.6 Å². The average Bonchev–Trinajstić information content (AvgIpc) is 3.05. The van der Waals surface area contributed by atoms with E-state index in [1.807, 2.05) is 15.9 Å². The topological polar surface area (TPSA) is 53.5 Å². The second-order valence-corrected chi connectivity index (χ2v) is 7.66. The molecule has 0 aliphatic carbocycles. The van der Waals surface area contributed by atoms with Gasteiger partial charge in [-0.05, 0) is 48.9 Å². The van der Waals surface area contributed by atoms with Crippen LogP contribution in [0.5, 0.6) is 0 Å². The lowest BCUT2D eigenvalue weighted by atomic mass is 9.94. The van der Waals surface area contributed by atoms with Crippen LogP contribution in [0.15, 0.2) is 48.7 Å². The molecule has 1 aromatic heterocycles. The summed E-state index contributed by atoms with van der Waals surface area (Å²) in [5, 5.41) is 0. The first-order valence-corrected chi connectivity index (χ1v) is 9.85. The Morgan fingerprint density at radius 3 is 2.64 bits per heavy atom. The molecular formula is C22H24FN3O2. The molecule has 5 rings (SSSR count). The zero-order chi connectivity index (χ0) is 19.5. The minimum atomic E-state index is -0.264. The van der Waals surface area contributed by atoms with Crippen molar-refractivity contribution in [3.05, 3.63) is 65.7 Å². The van der Waals surface area contributed by atoms with Gasteiger partial charge in [-0.2, -0.15) is 0 Å². The van der Waals surface area contributed by atoms with Gasteiger partial charge in [-0.25, -0.2) is 4.39 Å². The van der Waals surface area contributed by atoms with Gasteiger partial charge in [0.1, 0.15) is 11.5 Å². The number of benzene rings is 1. The highest BCUT2D eigenvalue weighted by Gasteiger charge is 2.38. The summed E-state index contributed by atoms with van der Waals surface area (Å²) in [6.07, 6.45) is 4.24. The largest absolute Gasteiger partial charge is 0.338 e. The number of halogens is 1. The Morgan fingerprint density at radius 2 is 1.86 bits per heavy atom. The number of hydrogen-bond donors (Lipinski definition) is 0. The monoisotopic (exact) mass is 381 g/mol. The van der Waals surface area contributed by atoms with Crippen LogP contribution in [0.4, 0.5) is 4.39 Å². The van der Waals surface area contributed by atoms with Crippen molar-refractivity contribution < 1.29 is 14.0 Å². The minimum absolute atomic E-state index is 0.0273. The van der Waals surface area contributed by atoms with Crippen LogP contribution >= 0.6 is 0 Å². The first kappa shape index (κ1) is 18.6. The van der Waals surface area contributed by atoms with Gasteiger partial charge in [0, 0.05) is 38.3 Å². The van der Waals surface area contributed by atoms with Crippen molar-refractivity contribution in [1.29, 1.82) is 0 Å². The number of carbonyl (C=O) groups is 2. The molecule has 0 radical (unpaired) electrons. The molecule has 6 heteroatoms. The molecule has 0 N–H and O–H groups in total. The van der Waals surface area contributed by atoms with E-state index in [9.17, 15) is 14.0 Å². The van der Waals surface area contributed by atoms with Crippen molar-refractivity contribution in [1.82, 2.24) is 14.8 Å². The Balaban J connectivity index is 1.42. The maximum atomic E-state index is 13.8. The predicted octanol–water partition coefficient (Wildman–Crippen LogP) is 2.92. The molecule has 2 bridgehead atoms. The molecule has 0 unspecified atom stereocenters. The first-order chi connectivity index (χ1) is 13.6. The molecule has 2 amide bonds. The van der Waals surface area contributed by atoms with Gasteiger partial charge in [-0.3, -0.25) is 14.6 Å². The molecule has 0 saturated carbocycles. The number of nitrogens with zero attached hydrogens (tertiary/aromatic N) is 3. The van der Waals surface area contributed by atoms with Gasteiger partial charge in [0.2, 0.25) is 5.91 Å². The lowest BCUT2D eigenvalue weighted by Gasteiger charge is -2.36. The van der Waals surface area contributed by atoms with E-state index < -0.39 is 0 Å². The number of hydrogen-bond acceptors (Lipinski definition) is 3. The van der Waals surface area contributed by atoms with E-state index in [4.69, 9.17) is 0 Å². The fraction of sp³-hybridized carbons (Fsp3) is 0.409. The molecule has 3 saturated heterocycles. The van der Waals surface area contributed by atoms with Crippen LogP contribution in [0.25, 0.3) is 0 Å². The van der Waals surface area contributed by atoms with E-state index in [1.54, 1.807) is 36.5 Å². The summed E-state index contributed by atoms with van der Waals surface area (Å²) in [5.74, 6) is -0.00751. The number of aromatic nitrogens is 1. The summed E-state index contributed by atoms with van der Waals surface area (Å²) in [7, 11) is 0. The molecule has 2 atom stereocenters. The zero-order valence-electron chi connectivity index (χ0n) is 15.8. The van der Waals surface area contributed by atoms with Crippen molar-refractivity contribution in [3.63, 3.8) is 0 Å². The highest BCUT2D eigenvalue weighted by atomic mass is 19.1. The number of amides is 2. The molecule has 5 nitrogen and oxygen atoms in total. The predicted molar refractivity (Wildman–Crippen MR) is 103 cm³/mol. The maximum absolute atomic E-state index is 13.8. The molecule has 0 spiro atoms. The SMILES string of the molecule is O=C(c1ccccn1)N1C[C@H]2CC[C@@H](C1)N(C(=O)CCc1ccccc1F)C2. The standard InChI is InChI=1S/C22H24FN3O2/c23-19-6-2-1-5-17(19)9-11-21(27)26-14-16-8-10-18(26)15-25(13-16)22(28)20-7-3-4-12-24-20/h1-7,12,16,18H,8-11,13-15H2/t16-,18+/m1/s1. The fourth-order valence-corrected chi connectivity index (χ4v) is 4.29. The Morgan fingerprint density at radius 1 is 1.04 bits per heavy atom. The summed E-state index contributed by atoms with van der Waals surface area (Å²) in [6.45, 7) is 1.87. The van der Waals surface area contributed by atoms with Crippen LogP contribution in [0.1, 0.15) is 35.3 Å². The normalized spacial score (nSPS) is 21.5. The Hall–Kier alpha value is -2.76. The molecule has 3 fully saturated rings. The van der Waals surface area contributed by atoms with Crippen molar-refractivity contribution in [3.8, 4) is 0 Å². The van der Waals surface area contributed by atoms with Crippen molar-refractivity contribution >= 4 is 11.8 Å². The van der Waals surface area contributed by atoms with E-state index >= 15 is 0 Å². The minimum Gasteiger partial charge on any atom is -0.338 e. The molecule has 1 aromatic carbocycles. The summed E-state index contributed by atoms with van der Waals surface area (Å²) in [4.78, 5) is 33.6. The molecule has 3 aliphatic heterocycles. The van der Waals surface area contributed by atoms with Crippen molar-refractivity contribution in [2.45, 2.75) is 31.7 Å². The maximum Gasteiger partial charge on any atom is 0.272 e. The van der Waals surface area contributed by atoms with Crippen LogP contribution in [0, 0.1) is 11.7 Å². The molecule has 4 heterocycles. The van der Waals surface area contributed by atoms with Gasteiger partial charge < -0.3 is 9.80 Å².